The summed E-state index contributed by atoms with van der Waals surface area (Å²) in [6.45, 7) is -0.567. The molecule has 128 valence electrons. The molecular formula is C15H9Cl3F3NO2. The minimum absolute atomic E-state index is 0.134. The van der Waals surface area contributed by atoms with Crippen molar-refractivity contribution in [3.05, 3.63) is 57.0 Å². The second-order valence-corrected chi connectivity index (χ2v) is 5.82. The van der Waals surface area contributed by atoms with Crippen molar-refractivity contribution in [3.63, 3.8) is 0 Å². The molecule has 0 aliphatic carbocycles. The number of benzene rings is 2. The third-order valence-corrected chi connectivity index (χ3v) is 3.70. The van der Waals surface area contributed by atoms with Crippen LogP contribution in [0.5, 0.6) is 5.75 Å². The van der Waals surface area contributed by atoms with Crippen LogP contribution in [-0.2, 0) is 11.0 Å². The van der Waals surface area contributed by atoms with Crippen LogP contribution in [-0.4, -0.2) is 12.5 Å². The molecule has 1 N–H and O–H groups in total. The maximum absolute atomic E-state index is 13.0. The molecule has 0 aliphatic rings. The number of amides is 1. The molecular weight excluding hydrogens is 390 g/mol. The van der Waals surface area contributed by atoms with Gasteiger partial charge < -0.3 is 10.1 Å². The molecule has 0 heterocycles. The zero-order chi connectivity index (χ0) is 17.9. The van der Waals surface area contributed by atoms with Crippen molar-refractivity contribution >= 4 is 46.4 Å². The lowest BCUT2D eigenvalue weighted by Gasteiger charge is -2.15. The fraction of sp³-hybridized carbons (Fsp3) is 0.133. The standard InChI is InChI=1S/C15H9Cl3F3NO2/c16-8-4-5-10(17)12(6-8)24-7-13(23)22-14-9(15(19,20)21)2-1-3-11(14)18/h1-6H,7H2,(H,22,23). The van der Waals surface area contributed by atoms with Crippen molar-refractivity contribution in [1.29, 1.82) is 0 Å². The van der Waals surface area contributed by atoms with Gasteiger partial charge in [0.15, 0.2) is 6.61 Å². The van der Waals surface area contributed by atoms with Gasteiger partial charge in [-0.1, -0.05) is 40.9 Å². The van der Waals surface area contributed by atoms with Crippen LogP contribution in [0.3, 0.4) is 0 Å². The van der Waals surface area contributed by atoms with Crippen molar-refractivity contribution in [1.82, 2.24) is 0 Å². The lowest BCUT2D eigenvalue weighted by atomic mass is 10.1. The molecule has 0 fully saturated rings. The highest BCUT2D eigenvalue weighted by molar-refractivity contribution is 6.34. The van der Waals surface area contributed by atoms with Crippen LogP contribution in [0, 0.1) is 0 Å². The first kappa shape index (κ1) is 18.7. The van der Waals surface area contributed by atoms with E-state index in [-0.39, 0.29) is 15.8 Å². The number of anilines is 1. The summed E-state index contributed by atoms with van der Waals surface area (Å²) < 4.78 is 44.0. The third-order valence-electron chi connectivity index (χ3n) is 2.84. The predicted octanol–water partition coefficient (Wildman–Crippen LogP) is 5.68. The first-order chi connectivity index (χ1) is 11.2. The molecule has 3 nitrogen and oxygen atoms in total. The number of hydrogen-bond donors (Lipinski definition) is 1. The van der Waals surface area contributed by atoms with Gasteiger partial charge in [-0.15, -0.1) is 0 Å². The second kappa shape index (κ2) is 7.51. The molecule has 0 bridgehead atoms. The monoisotopic (exact) mass is 397 g/mol. The van der Waals surface area contributed by atoms with Gasteiger partial charge in [0.25, 0.3) is 5.91 Å². The number of halogens is 6. The summed E-state index contributed by atoms with van der Waals surface area (Å²) in [5, 5.41) is 2.40. The van der Waals surface area contributed by atoms with Gasteiger partial charge >= 0.3 is 6.18 Å². The zero-order valence-electron chi connectivity index (χ0n) is 11.8. The van der Waals surface area contributed by atoms with E-state index in [1.165, 1.54) is 24.3 Å². The SMILES string of the molecule is O=C(COc1cc(Cl)ccc1Cl)Nc1c(Cl)cccc1C(F)(F)F. The van der Waals surface area contributed by atoms with Crippen molar-refractivity contribution in [2.24, 2.45) is 0 Å². The van der Waals surface area contributed by atoms with Gasteiger partial charge in [0.1, 0.15) is 5.75 Å². The average Bonchev–Trinajstić information content (AvgIpc) is 2.49. The lowest BCUT2D eigenvalue weighted by Crippen LogP contribution is -2.22. The fourth-order valence-corrected chi connectivity index (χ4v) is 2.35. The predicted molar refractivity (Wildman–Crippen MR) is 87.0 cm³/mol. The van der Waals surface area contributed by atoms with Crippen molar-refractivity contribution in [3.8, 4) is 5.75 Å². The van der Waals surface area contributed by atoms with E-state index < -0.39 is 29.9 Å². The van der Waals surface area contributed by atoms with E-state index in [2.05, 4.69) is 5.32 Å². The van der Waals surface area contributed by atoms with Crippen molar-refractivity contribution in [2.45, 2.75) is 6.18 Å². The van der Waals surface area contributed by atoms with Gasteiger partial charge in [0.2, 0.25) is 0 Å². The molecule has 1 amide bonds. The smallest absolute Gasteiger partial charge is 0.418 e. The summed E-state index contributed by atoms with van der Waals surface area (Å²) >= 11 is 17.4. The van der Waals surface area contributed by atoms with Crippen LogP contribution in [0.1, 0.15) is 5.56 Å². The number of para-hydroxylation sites is 1. The Morgan fingerprint density at radius 3 is 2.46 bits per heavy atom. The molecule has 2 aromatic carbocycles. The normalized spacial score (nSPS) is 11.2. The Balaban J connectivity index is 2.12. The molecule has 0 saturated carbocycles. The summed E-state index contributed by atoms with van der Waals surface area (Å²) in [4.78, 5) is 11.9. The van der Waals surface area contributed by atoms with E-state index in [0.717, 1.165) is 12.1 Å². The van der Waals surface area contributed by atoms with Gasteiger partial charge in [-0.3, -0.25) is 4.79 Å². The maximum Gasteiger partial charge on any atom is 0.418 e. The summed E-state index contributed by atoms with van der Waals surface area (Å²) in [6.07, 6.45) is -4.66. The molecule has 0 aliphatic heterocycles. The molecule has 2 aromatic rings. The van der Waals surface area contributed by atoms with E-state index in [9.17, 15) is 18.0 Å². The highest BCUT2D eigenvalue weighted by Gasteiger charge is 2.34. The Kier molecular flexibility index (Phi) is 5.85. The first-order valence-corrected chi connectivity index (χ1v) is 7.55. The zero-order valence-corrected chi connectivity index (χ0v) is 14.0. The highest BCUT2D eigenvalue weighted by Crippen LogP contribution is 2.38. The molecule has 2 rings (SSSR count). The molecule has 0 saturated heterocycles. The quantitative estimate of drug-likeness (QED) is 0.719. The molecule has 0 unspecified atom stereocenters. The van der Waals surface area contributed by atoms with Crippen LogP contribution >= 0.6 is 34.8 Å². The Morgan fingerprint density at radius 2 is 1.79 bits per heavy atom. The Labute approximate surface area is 150 Å². The van der Waals surface area contributed by atoms with E-state index in [1.807, 2.05) is 0 Å². The first-order valence-electron chi connectivity index (χ1n) is 6.42. The maximum atomic E-state index is 13.0. The molecule has 0 aromatic heterocycles. The molecule has 9 heteroatoms. The number of carbonyl (C=O) groups excluding carboxylic acids is 1. The van der Waals surface area contributed by atoms with Crippen molar-refractivity contribution < 1.29 is 22.7 Å². The summed E-state index contributed by atoms with van der Waals surface area (Å²) in [5.74, 6) is -0.695. The molecule has 0 radical (unpaired) electrons. The number of carbonyl (C=O) groups is 1. The van der Waals surface area contributed by atoms with E-state index in [0.29, 0.717) is 5.02 Å². The molecule has 24 heavy (non-hydrogen) atoms. The Hall–Kier alpha value is -1.63. The highest BCUT2D eigenvalue weighted by atomic mass is 35.5. The minimum Gasteiger partial charge on any atom is -0.482 e. The number of alkyl halides is 3. The minimum atomic E-state index is -4.66. The topological polar surface area (TPSA) is 38.3 Å². The number of nitrogens with one attached hydrogen (secondary N) is 1. The number of hydrogen-bond acceptors (Lipinski definition) is 2. The van der Waals surface area contributed by atoms with Crippen molar-refractivity contribution in [2.75, 3.05) is 11.9 Å². The number of ether oxygens (including phenoxy) is 1. The van der Waals surface area contributed by atoms with Crippen LogP contribution in [0.15, 0.2) is 36.4 Å². The van der Waals surface area contributed by atoms with Gasteiger partial charge in [-0.2, -0.15) is 13.2 Å². The summed E-state index contributed by atoms with van der Waals surface area (Å²) in [7, 11) is 0. The fourth-order valence-electron chi connectivity index (χ4n) is 1.79. The Bertz CT molecular complexity index is 766. The van der Waals surface area contributed by atoms with E-state index in [1.54, 1.807) is 0 Å². The largest absolute Gasteiger partial charge is 0.482 e. The summed E-state index contributed by atoms with van der Waals surface area (Å²) in [6, 6.07) is 7.57. The third kappa shape index (κ3) is 4.69. The van der Waals surface area contributed by atoms with E-state index >= 15 is 0 Å². The van der Waals surface area contributed by atoms with Gasteiger partial charge in [-0.05, 0) is 24.3 Å². The van der Waals surface area contributed by atoms with E-state index in [4.69, 9.17) is 39.5 Å². The van der Waals surface area contributed by atoms with Crippen LogP contribution < -0.4 is 10.1 Å². The number of rotatable bonds is 4. The molecule has 0 spiro atoms. The second-order valence-electron chi connectivity index (χ2n) is 4.57. The van der Waals surface area contributed by atoms with Gasteiger partial charge in [-0.25, -0.2) is 0 Å². The lowest BCUT2D eigenvalue weighted by molar-refractivity contribution is -0.137. The van der Waals surface area contributed by atoms with Gasteiger partial charge in [0.05, 0.1) is 21.3 Å². The summed E-state index contributed by atoms with van der Waals surface area (Å²) in [5.41, 5.74) is -1.58. The Morgan fingerprint density at radius 1 is 1.08 bits per heavy atom. The van der Waals surface area contributed by atoms with Crippen LogP contribution in [0.4, 0.5) is 18.9 Å². The average molecular weight is 399 g/mol. The van der Waals surface area contributed by atoms with Crippen LogP contribution in [0.25, 0.3) is 0 Å². The van der Waals surface area contributed by atoms with Gasteiger partial charge in [0, 0.05) is 11.1 Å². The van der Waals surface area contributed by atoms with Crippen LogP contribution in [0.2, 0.25) is 15.1 Å². The molecule has 0 atom stereocenters.